The summed E-state index contributed by atoms with van der Waals surface area (Å²) in [5, 5.41) is 0. The third-order valence-electron chi connectivity index (χ3n) is 4.36. The summed E-state index contributed by atoms with van der Waals surface area (Å²) < 4.78 is 0. The first kappa shape index (κ1) is 12.3. The minimum absolute atomic E-state index is 0.651. The molecule has 0 aromatic heterocycles. The van der Waals surface area contributed by atoms with Crippen molar-refractivity contribution in [1.82, 2.24) is 9.80 Å². The van der Waals surface area contributed by atoms with Crippen molar-refractivity contribution in [1.29, 1.82) is 0 Å². The van der Waals surface area contributed by atoms with Gasteiger partial charge in [0.2, 0.25) is 0 Å². The van der Waals surface area contributed by atoms with Crippen molar-refractivity contribution in [3.8, 4) is 0 Å². The predicted octanol–water partition coefficient (Wildman–Crippen LogP) is 1.14. The van der Waals surface area contributed by atoms with E-state index in [4.69, 9.17) is 5.73 Å². The molecule has 0 saturated carbocycles. The monoisotopic (exact) mass is 225 g/mol. The normalized spacial score (nSPS) is 32.6. The van der Waals surface area contributed by atoms with E-state index in [0.717, 1.165) is 12.5 Å². The third kappa shape index (κ3) is 2.96. The summed E-state index contributed by atoms with van der Waals surface area (Å²) in [7, 11) is 0. The van der Waals surface area contributed by atoms with Crippen molar-refractivity contribution >= 4 is 0 Å². The molecule has 0 spiro atoms. The number of hydrogen-bond donors (Lipinski definition) is 1. The van der Waals surface area contributed by atoms with E-state index in [1.165, 1.54) is 58.4 Å². The zero-order valence-electron chi connectivity index (χ0n) is 10.7. The van der Waals surface area contributed by atoms with Crippen LogP contribution in [0.1, 0.15) is 32.6 Å². The van der Waals surface area contributed by atoms with Crippen LogP contribution in [0.15, 0.2) is 0 Å². The highest BCUT2D eigenvalue weighted by Crippen LogP contribution is 2.23. The Labute approximate surface area is 100.0 Å². The molecule has 16 heavy (non-hydrogen) atoms. The Morgan fingerprint density at radius 3 is 2.56 bits per heavy atom. The molecule has 2 saturated heterocycles. The Morgan fingerprint density at radius 2 is 1.88 bits per heavy atom. The Hall–Kier alpha value is -0.120. The number of likely N-dealkylation sites (tertiary alicyclic amines) is 2. The fraction of sp³-hybridized carbons (Fsp3) is 1.00. The first-order chi connectivity index (χ1) is 7.81. The zero-order valence-corrected chi connectivity index (χ0v) is 10.7. The van der Waals surface area contributed by atoms with Crippen LogP contribution in [0.25, 0.3) is 0 Å². The standard InChI is InChI=1S/C13H27N3/c1-12-5-10-16(13(12)11-14)9-4-8-15-6-2-3-7-15/h12-13H,2-11,14H2,1H3. The van der Waals surface area contributed by atoms with Gasteiger partial charge in [0.05, 0.1) is 0 Å². The van der Waals surface area contributed by atoms with Crippen LogP contribution in [0.4, 0.5) is 0 Å². The molecule has 3 heteroatoms. The Kier molecular flexibility index (Phi) is 4.62. The highest BCUT2D eigenvalue weighted by Gasteiger charge is 2.29. The van der Waals surface area contributed by atoms with Crippen LogP contribution in [-0.4, -0.2) is 55.1 Å². The van der Waals surface area contributed by atoms with E-state index in [0.29, 0.717) is 6.04 Å². The zero-order chi connectivity index (χ0) is 11.4. The molecular weight excluding hydrogens is 198 g/mol. The van der Waals surface area contributed by atoms with Crippen LogP contribution < -0.4 is 5.73 Å². The first-order valence-electron chi connectivity index (χ1n) is 6.97. The van der Waals surface area contributed by atoms with E-state index in [1.54, 1.807) is 0 Å². The van der Waals surface area contributed by atoms with Crippen LogP contribution >= 0.6 is 0 Å². The highest BCUT2D eigenvalue weighted by atomic mass is 15.2. The van der Waals surface area contributed by atoms with Crippen molar-refractivity contribution in [2.75, 3.05) is 39.3 Å². The Bertz CT molecular complexity index is 201. The van der Waals surface area contributed by atoms with E-state index in [9.17, 15) is 0 Å². The number of nitrogens with two attached hydrogens (primary N) is 1. The molecule has 0 aromatic carbocycles. The van der Waals surface area contributed by atoms with E-state index in [-0.39, 0.29) is 0 Å². The van der Waals surface area contributed by atoms with Crippen molar-refractivity contribution in [2.24, 2.45) is 11.7 Å². The van der Waals surface area contributed by atoms with E-state index >= 15 is 0 Å². The molecule has 2 rings (SSSR count). The fourth-order valence-electron chi connectivity index (χ4n) is 3.25. The number of rotatable bonds is 5. The predicted molar refractivity (Wildman–Crippen MR) is 68.5 cm³/mol. The lowest BCUT2D eigenvalue weighted by atomic mass is 10.0. The van der Waals surface area contributed by atoms with E-state index in [2.05, 4.69) is 16.7 Å². The number of hydrogen-bond acceptors (Lipinski definition) is 3. The molecule has 94 valence electrons. The molecule has 0 radical (unpaired) electrons. The lowest BCUT2D eigenvalue weighted by Crippen LogP contribution is -2.39. The molecule has 2 fully saturated rings. The lowest BCUT2D eigenvalue weighted by Gasteiger charge is -2.26. The van der Waals surface area contributed by atoms with Crippen LogP contribution in [0.2, 0.25) is 0 Å². The van der Waals surface area contributed by atoms with Gasteiger partial charge in [0.25, 0.3) is 0 Å². The van der Waals surface area contributed by atoms with Crippen LogP contribution in [0, 0.1) is 5.92 Å². The van der Waals surface area contributed by atoms with Crippen molar-refractivity contribution in [3.05, 3.63) is 0 Å². The largest absolute Gasteiger partial charge is 0.329 e. The van der Waals surface area contributed by atoms with E-state index < -0.39 is 0 Å². The SMILES string of the molecule is CC1CCN(CCCN2CCCC2)C1CN. The summed E-state index contributed by atoms with van der Waals surface area (Å²) in [6, 6.07) is 0.651. The van der Waals surface area contributed by atoms with Crippen LogP contribution in [0.3, 0.4) is 0 Å². The van der Waals surface area contributed by atoms with Crippen molar-refractivity contribution in [2.45, 2.75) is 38.6 Å². The lowest BCUT2D eigenvalue weighted by molar-refractivity contribution is 0.218. The molecule has 3 nitrogen and oxygen atoms in total. The van der Waals surface area contributed by atoms with Gasteiger partial charge in [0, 0.05) is 12.6 Å². The van der Waals surface area contributed by atoms with Gasteiger partial charge < -0.3 is 10.6 Å². The van der Waals surface area contributed by atoms with Gasteiger partial charge in [0.15, 0.2) is 0 Å². The molecule has 0 amide bonds. The Balaban J connectivity index is 1.65. The quantitative estimate of drug-likeness (QED) is 0.761. The molecular formula is C13H27N3. The van der Waals surface area contributed by atoms with Crippen LogP contribution in [-0.2, 0) is 0 Å². The fourth-order valence-corrected chi connectivity index (χ4v) is 3.25. The molecule has 0 aromatic rings. The summed E-state index contributed by atoms with van der Waals surface area (Å²) in [4.78, 5) is 5.22. The second-order valence-corrected chi connectivity index (χ2v) is 5.51. The molecule has 2 aliphatic heterocycles. The van der Waals surface area contributed by atoms with Crippen LogP contribution in [0.5, 0.6) is 0 Å². The van der Waals surface area contributed by atoms with Gasteiger partial charge in [-0.05, 0) is 64.3 Å². The minimum Gasteiger partial charge on any atom is -0.329 e. The van der Waals surface area contributed by atoms with Gasteiger partial charge in [-0.3, -0.25) is 4.90 Å². The maximum absolute atomic E-state index is 5.86. The average molecular weight is 225 g/mol. The summed E-state index contributed by atoms with van der Waals surface area (Å²) in [6.07, 6.45) is 5.48. The van der Waals surface area contributed by atoms with Gasteiger partial charge in [-0.15, -0.1) is 0 Å². The van der Waals surface area contributed by atoms with Gasteiger partial charge in [-0.2, -0.15) is 0 Å². The van der Waals surface area contributed by atoms with Gasteiger partial charge in [-0.1, -0.05) is 6.92 Å². The van der Waals surface area contributed by atoms with E-state index in [1.807, 2.05) is 0 Å². The minimum atomic E-state index is 0.651. The average Bonchev–Trinajstić information content (AvgIpc) is 2.89. The number of nitrogens with zero attached hydrogens (tertiary/aromatic N) is 2. The molecule has 2 heterocycles. The Morgan fingerprint density at radius 1 is 1.12 bits per heavy atom. The summed E-state index contributed by atoms with van der Waals surface area (Å²) in [6.45, 7) is 9.66. The third-order valence-corrected chi connectivity index (χ3v) is 4.36. The molecule has 2 atom stereocenters. The molecule has 0 bridgehead atoms. The summed E-state index contributed by atoms with van der Waals surface area (Å²) in [5.41, 5.74) is 5.86. The van der Waals surface area contributed by atoms with Gasteiger partial charge >= 0.3 is 0 Å². The summed E-state index contributed by atoms with van der Waals surface area (Å²) in [5.74, 6) is 0.803. The molecule has 0 aliphatic carbocycles. The van der Waals surface area contributed by atoms with Crippen molar-refractivity contribution < 1.29 is 0 Å². The van der Waals surface area contributed by atoms with Gasteiger partial charge in [-0.25, -0.2) is 0 Å². The smallest absolute Gasteiger partial charge is 0.0244 e. The van der Waals surface area contributed by atoms with Gasteiger partial charge in [0.1, 0.15) is 0 Å². The van der Waals surface area contributed by atoms with Crippen molar-refractivity contribution in [3.63, 3.8) is 0 Å². The topological polar surface area (TPSA) is 32.5 Å². The summed E-state index contributed by atoms with van der Waals surface area (Å²) >= 11 is 0. The maximum atomic E-state index is 5.86. The molecule has 2 N–H and O–H groups in total. The highest BCUT2D eigenvalue weighted by molar-refractivity contribution is 4.85. The molecule has 2 unspecified atom stereocenters. The second kappa shape index (κ2) is 5.99. The maximum Gasteiger partial charge on any atom is 0.0244 e. The molecule has 2 aliphatic rings. The first-order valence-corrected chi connectivity index (χ1v) is 6.97. The second-order valence-electron chi connectivity index (χ2n) is 5.51.